The Morgan fingerprint density at radius 3 is 2.13 bits per heavy atom. The molecule has 2 nitrogen and oxygen atoms in total. The molecule has 0 spiro atoms. The van der Waals surface area contributed by atoms with Crippen molar-refractivity contribution >= 4 is 5.97 Å². The SMILES string of the molecule is CCC(C)(C)C(=O)OCC(F)(F)C(F)F. The van der Waals surface area contributed by atoms with Crippen LogP contribution in [0.3, 0.4) is 0 Å². The normalized spacial score (nSPS) is 13.1. The smallest absolute Gasteiger partial charge is 0.340 e. The zero-order valence-corrected chi connectivity index (χ0v) is 8.82. The molecule has 0 amide bonds. The third kappa shape index (κ3) is 4.05. The van der Waals surface area contributed by atoms with E-state index in [-0.39, 0.29) is 0 Å². The van der Waals surface area contributed by atoms with Crippen LogP contribution in [0.15, 0.2) is 0 Å². The Morgan fingerprint density at radius 2 is 1.80 bits per heavy atom. The summed E-state index contributed by atoms with van der Waals surface area (Å²) in [6, 6.07) is 0. The van der Waals surface area contributed by atoms with Crippen molar-refractivity contribution in [1.82, 2.24) is 0 Å². The molecule has 0 aliphatic carbocycles. The molecule has 0 radical (unpaired) electrons. The van der Waals surface area contributed by atoms with Gasteiger partial charge in [0.25, 0.3) is 0 Å². The van der Waals surface area contributed by atoms with E-state index in [2.05, 4.69) is 4.74 Å². The lowest BCUT2D eigenvalue weighted by atomic mass is 9.91. The molecule has 0 fully saturated rings. The van der Waals surface area contributed by atoms with E-state index in [0.29, 0.717) is 6.42 Å². The van der Waals surface area contributed by atoms with E-state index in [4.69, 9.17) is 0 Å². The molecule has 0 rings (SSSR count). The van der Waals surface area contributed by atoms with Gasteiger partial charge in [-0.3, -0.25) is 4.79 Å². The molecule has 90 valence electrons. The molecule has 0 aliphatic heterocycles. The Balaban J connectivity index is 4.24. The minimum atomic E-state index is -4.28. The second kappa shape index (κ2) is 4.81. The highest BCUT2D eigenvalue weighted by Crippen LogP contribution is 2.26. The van der Waals surface area contributed by atoms with Crippen LogP contribution < -0.4 is 0 Å². The largest absolute Gasteiger partial charge is 0.459 e. The topological polar surface area (TPSA) is 26.3 Å². The van der Waals surface area contributed by atoms with Crippen molar-refractivity contribution in [3.63, 3.8) is 0 Å². The van der Waals surface area contributed by atoms with Crippen LogP contribution in [0.1, 0.15) is 27.2 Å². The summed E-state index contributed by atoms with van der Waals surface area (Å²) in [6.45, 7) is 3.09. The van der Waals surface area contributed by atoms with Crippen LogP contribution in [0.4, 0.5) is 17.6 Å². The Kier molecular flexibility index (Phi) is 4.55. The standard InChI is InChI=1S/C9H14F4O2/c1-4-8(2,3)7(14)15-5-9(12,13)6(10)11/h6H,4-5H2,1-3H3. The summed E-state index contributed by atoms with van der Waals surface area (Å²) in [4.78, 5) is 11.2. The van der Waals surface area contributed by atoms with Crippen LogP contribution in [0, 0.1) is 5.41 Å². The van der Waals surface area contributed by atoms with Gasteiger partial charge in [0.2, 0.25) is 0 Å². The van der Waals surface area contributed by atoms with Crippen LogP contribution in [-0.2, 0) is 9.53 Å². The van der Waals surface area contributed by atoms with Gasteiger partial charge in [-0.05, 0) is 20.3 Å². The lowest BCUT2D eigenvalue weighted by Crippen LogP contribution is -2.36. The molecule has 0 heterocycles. The van der Waals surface area contributed by atoms with Crippen LogP contribution in [-0.4, -0.2) is 24.9 Å². The minimum Gasteiger partial charge on any atom is -0.459 e. The predicted octanol–water partition coefficient (Wildman–Crippen LogP) is 2.87. The fourth-order valence-corrected chi connectivity index (χ4v) is 0.564. The maximum absolute atomic E-state index is 12.4. The van der Waals surface area contributed by atoms with Gasteiger partial charge < -0.3 is 4.74 Å². The number of halogens is 4. The fraction of sp³-hybridized carbons (Fsp3) is 0.889. The second-order valence-electron chi connectivity index (χ2n) is 3.88. The molecule has 0 unspecified atom stereocenters. The van der Waals surface area contributed by atoms with E-state index in [1.54, 1.807) is 6.92 Å². The van der Waals surface area contributed by atoms with Crippen molar-refractivity contribution in [2.24, 2.45) is 5.41 Å². The summed E-state index contributed by atoms with van der Waals surface area (Å²) in [5.74, 6) is -5.18. The Labute approximate surface area is 85.6 Å². The lowest BCUT2D eigenvalue weighted by molar-refractivity contribution is -0.186. The van der Waals surface area contributed by atoms with E-state index in [1.165, 1.54) is 13.8 Å². The monoisotopic (exact) mass is 230 g/mol. The molecule has 0 aromatic rings. The highest BCUT2D eigenvalue weighted by atomic mass is 19.3. The first-order valence-corrected chi connectivity index (χ1v) is 4.46. The molecule has 0 bridgehead atoms. The maximum atomic E-state index is 12.4. The molecule has 0 aromatic heterocycles. The number of hydrogen-bond acceptors (Lipinski definition) is 2. The van der Waals surface area contributed by atoms with Gasteiger partial charge in [-0.2, -0.15) is 8.78 Å². The van der Waals surface area contributed by atoms with E-state index in [9.17, 15) is 22.4 Å². The van der Waals surface area contributed by atoms with Crippen molar-refractivity contribution in [2.45, 2.75) is 39.5 Å². The van der Waals surface area contributed by atoms with Gasteiger partial charge in [-0.15, -0.1) is 0 Å². The molecule has 0 atom stereocenters. The molecule has 6 heteroatoms. The number of rotatable bonds is 5. The molecule has 15 heavy (non-hydrogen) atoms. The van der Waals surface area contributed by atoms with Crippen LogP contribution in [0.5, 0.6) is 0 Å². The Bertz CT molecular complexity index is 226. The van der Waals surface area contributed by atoms with Crippen molar-refractivity contribution in [3.05, 3.63) is 0 Å². The number of carbonyl (C=O) groups is 1. The molecule has 0 aliphatic rings. The van der Waals surface area contributed by atoms with Crippen LogP contribution in [0.2, 0.25) is 0 Å². The predicted molar refractivity (Wildman–Crippen MR) is 46.0 cm³/mol. The zero-order valence-electron chi connectivity index (χ0n) is 8.82. The van der Waals surface area contributed by atoms with Gasteiger partial charge in [0.1, 0.15) is 0 Å². The summed E-state index contributed by atoms with van der Waals surface area (Å²) in [5, 5.41) is 0. The van der Waals surface area contributed by atoms with Gasteiger partial charge in [-0.1, -0.05) is 6.92 Å². The number of carbonyl (C=O) groups excluding carboxylic acids is 1. The molecule has 0 saturated heterocycles. The average Bonchev–Trinajstić information content (AvgIpc) is 2.13. The van der Waals surface area contributed by atoms with E-state index < -0.39 is 30.3 Å². The van der Waals surface area contributed by atoms with Crippen molar-refractivity contribution < 1.29 is 27.1 Å². The number of hydrogen-bond donors (Lipinski definition) is 0. The fourth-order valence-electron chi connectivity index (χ4n) is 0.564. The van der Waals surface area contributed by atoms with Gasteiger partial charge in [-0.25, -0.2) is 8.78 Å². The number of ether oxygens (including phenoxy) is 1. The summed E-state index contributed by atoms with van der Waals surface area (Å²) >= 11 is 0. The first kappa shape index (κ1) is 14.2. The summed E-state index contributed by atoms with van der Waals surface area (Å²) < 4.78 is 52.3. The van der Waals surface area contributed by atoms with Crippen molar-refractivity contribution in [2.75, 3.05) is 6.61 Å². The first-order chi connectivity index (χ1) is 6.63. The van der Waals surface area contributed by atoms with Gasteiger partial charge in [0, 0.05) is 0 Å². The zero-order chi connectivity index (χ0) is 12.3. The van der Waals surface area contributed by atoms with E-state index >= 15 is 0 Å². The number of esters is 1. The summed E-state index contributed by atoms with van der Waals surface area (Å²) in [5.41, 5.74) is -0.932. The highest BCUT2D eigenvalue weighted by molar-refractivity contribution is 5.75. The molecular weight excluding hydrogens is 216 g/mol. The van der Waals surface area contributed by atoms with E-state index in [0.717, 1.165) is 0 Å². The Hall–Kier alpha value is -0.810. The third-order valence-electron chi connectivity index (χ3n) is 2.15. The van der Waals surface area contributed by atoms with E-state index in [1.807, 2.05) is 0 Å². The molecular formula is C9H14F4O2. The van der Waals surface area contributed by atoms with Crippen LogP contribution in [0.25, 0.3) is 0 Å². The molecule has 0 N–H and O–H groups in total. The third-order valence-corrected chi connectivity index (χ3v) is 2.15. The second-order valence-corrected chi connectivity index (χ2v) is 3.88. The molecule has 0 saturated carbocycles. The summed E-state index contributed by atoms with van der Waals surface area (Å²) in [6.07, 6.45) is -3.44. The first-order valence-electron chi connectivity index (χ1n) is 4.46. The minimum absolute atomic E-state index is 0.381. The van der Waals surface area contributed by atoms with Crippen LogP contribution >= 0.6 is 0 Å². The summed E-state index contributed by atoms with van der Waals surface area (Å²) in [7, 11) is 0. The quantitative estimate of drug-likeness (QED) is 0.536. The number of alkyl halides is 4. The van der Waals surface area contributed by atoms with Crippen molar-refractivity contribution in [1.29, 1.82) is 0 Å². The van der Waals surface area contributed by atoms with Crippen molar-refractivity contribution in [3.8, 4) is 0 Å². The average molecular weight is 230 g/mol. The van der Waals surface area contributed by atoms with Gasteiger partial charge in [0.15, 0.2) is 6.61 Å². The lowest BCUT2D eigenvalue weighted by Gasteiger charge is -2.22. The maximum Gasteiger partial charge on any atom is 0.340 e. The van der Waals surface area contributed by atoms with Gasteiger partial charge >= 0.3 is 18.3 Å². The van der Waals surface area contributed by atoms with Gasteiger partial charge in [0.05, 0.1) is 5.41 Å². The highest BCUT2D eigenvalue weighted by Gasteiger charge is 2.43. The Morgan fingerprint density at radius 1 is 1.33 bits per heavy atom. The molecule has 0 aromatic carbocycles.